The van der Waals surface area contributed by atoms with Crippen molar-refractivity contribution < 1.29 is 4.74 Å². The van der Waals surface area contributed by atoms with Crippen molar-refractivity contribution in [2.75, 3.05) is 18.0 Å². The van der Waals surface area contributed by atoms with Crippen LogP contribution in [0.5, 0.6) is 0 Å². The number of aryl methyl sites for hydroxylation is 2. The minimum Gasteiger partial charge on any atom is -0.367 e. The smallest absolute Gasteiger partial charge is 0.228 e. The number of anilines is 1. The van der Waals surface area contributed by atoms with Crippen LogP contribution in [0.4, 0.5) is 5.95 Å². The van der Waals surface area contributed by atoms with Gasteiger partial charge in [-0.2, -0.15) is 10.1 Å². The molecule has 3 aromatic heterocycles. The molecule has 1 saturated carbocycles. The topological polar surface area (TPSA) is 81.9 Å². The molecule has 0 spiro atoms. The van der Waals surface area contributed by atoms with Crippen LogP contribution in [0.15, 0.2) is 24.2 Å². The Hall–Kier alpha value is -3.09. The Labute approximate surface area is 187 Å². The highest BCUT2D eigenvalue weighted by molar-refractivity contribution is 5.86. The summed E-state index contributed by atoms with van der Waals surface area (Å²) >= 11 is 0. The summed E-state index contributed by atoms with van der Waals surface area (Å²) in [6.45, 7) is 7.46. The van der Waals surface area contributed by atoms with Crippen LogP contribution in [-0.4, -0.2) is 48.9 Å². The molecule has 3 aromatic rings. The molecule has 8 nitrogen and oxygen atoms in total. The lowest BCUT2D eigenvalue weighted by molar-refractivity contribution is -0.0178. The monoisotopic (exact) mass is 429 g/mol. The SMILES string of the molecule is Cc1nc2nc(N3CC(C)OC(c4cnn(C5CC5)c4)C3)nc(C3=C=CCC3)c2nc1C. The van der Waals surface area contributed by atoms with E-state index >= 15 is 0 Å². The van der Waals surface area contributed by atoms with Crippen LogP contribution in [-0.2, 0) is 4.74 Å². The maximum Gasteiger partial charge on any atom is 0.228 e. The first-order valence-corrected chi connectivity index (χ1v) is 11.5. The lowest BCUT2D eigenvalue weighted by atomic mass is 10.1. The van der Waals surface area contributed by atoms with Crippen LogP contribution >= 0.6 is 0 Å². The third kappa shape index (κ3) is 3.49. The van der Waals surface area contributed by atoms with Crippen molar-refractivity contribution in [3.8, 4) is 0 Å². The average Bonchev–Trinajstić information content (AvgIpc) is 3.27. The predicted octanol–water partition coefficient (Wildman–Crippen LogP) is 3.87. The molecule has 8 heteroatoms. The maximum absolute atomic E-state index is 6.29. The number of fused-ring (bicyclic) bond motifs is 1. The van der Waals surface area contributed by atoms with E-state index in [0.717, 1.165) is 53.1 Å². The highest BCUT2D eigenvalue weighted by atomic mass is 16.5. The molecule has 3 aliphatic rings. The maximum atomic E-state index is 6.29. The Kier molecular flexibility index (Phi) is 4.59. The Morgan fingerprint density at radius 2 is 1.91 bits per heavy atom. The summed E-state index contributed by atoms with van der Waals surface area (Å²) in [7, 11) is 0. The van der Waals surface area contributed by atoms with Crippen LogP contribution in [0, 0.1) is 13.8 Å². The lowest BCUT2D eigenvalue weighted by Crippen LogP contribution is -2.43. The first-order valence-electron chi connectivity index (χ1n) is 11.5. The second-order valence-electron chi connectivity index (χ2n) is 9.13. The van der Waals surface area contributed by atoms with E-state index in [9.17, 15) is 0 Å². The van der Waals surface area contributed by atoms with E-state index in [0.29, 0.717) is 24.2 Å². The van der Waals surface area contributed by atoms with Crippen LogP contribution in [0.25, 0.3) is 16.7 Å². The zero-order chi connectivity index (χ0) is 21.8. The van der Waals surface area contributed by atoms with Gasteiger partial charge in [-0.3, -0.25) is 4.68 Å². The summed E-state index contributed by atoms with van der Waals surface area (Å²) in [5.74, 6) is 0.681. The molecular weight excluding hydrogens is 402 g/mol. The fourth-order valence-corrected chi connectivity index (χ4v) is 4.48. The standard InChI is InChI=1S/C24H27N7O/c1-14-11-30(13-20(32-14)18-10-25-31(12-18)19-8-9-19)24-28-21(17-6-4-5-7-17)22-23(29-24)27-16(3)15(2)26-22/h4,10,12,14,19-20H,5,7-9,11,13H2,1-3H3. The first kappa shape index (κ1) is 19.6. The van der Waals surface area contributed by atoms with Gasteiger partial charge in [0.05, 0.1) is 36.3 Å². The largest absolute Gasteiger partial charge is 0.367 e. The van der Waals surface area contributed by atoms with Gasteiger partial charge in [-0.1, -0.05) is 0 Å². The second kappa shape index (κ2) is 7.50. The average molecular weight is 430 g/mol. The van der Waals surface area contributed by atoms with Crippen molar-refractivity contribution in [3.63, 3.8) is 0 Å². The van der Waals surface area contributed by atoms with Crippen molar-refractivity contribution in [3.05, 3.63) is 46.8 Å². The van der Waals surface area contributed by atoms with Crippen LogP contribution in [0.3, 0.4) is 0 Å². The summed E-state index contributed by atoms with van der Waals surface area (Å²) in [6.07, 6.45) is 10.5. The number of allylic oxidation sites excluding steroid dienone is 1. The second-order valence-corrected chi connectivity index (χ2v) is 9.13. The summed E-state index contributed by atoms with van der Waals surface area (Å²) in [6, 6.07) is 0.560. The Bertz CT molecular complexity index is 1270. The third-order valence-corrected chi connectivity index (χ3v) is 6.49. The fraction of sp³-hybridized carbons (Fsp3) is 0.500. The van der Waals surface area contributed by atoms with Gasteiger partial charge in [0, 0.05) is 23.9 Å². The molecule has 0 amide bonds. The van der Waals surface area contributed by atoms with E-state index < -0.39 is 0 Å². The highest BCUT2D eigenvalue weighted by Crippen LogP contribution is 2.36. The van der Waals surface area contributed by atoms with Crippen molar-refractivity contribution in [1.82, 2.24) is 29.7 Å². The Morgan fingerprint density at radius 3 is 2.69 bits per heavy atom. The Morgan fingerprint density at radius 1 is 1.06 bits per heavy atom. The van der Waals surface area contributed by atoms with E-state index in [1.165, 1.54) is 12.8 Å². The molecule has 0 aromatic carbocycles. The van der Waals surface area contributed by atoms with Crippen LogP contribution in [0.2, 0.25) is 0 Å². The summed E-state index contributed by atoms with van der Waals surface area (Å²) in [5, 5.41) is 4.56. The molecule has 164 valence electrons. The molecule has 4 heterocycles. The first-order chi connectivity index (χ1) is 15.5. The van der Waals surface area contributed by atoms with Gasteiger partial charge in [-0.05, 0) is 52.5 Å². The molecule has 6 rings (SSSR count). The van der Waals surface area contributed by atoms with E-state index in [1.807, 2.05) is 20.0 Å². The molecule has 2 atom stereocenters. The van der Waals surface area contributed by atoms with Crippen LogP contribution < -0.4 is 4.90 Å². The Balaban J connectivity index is 1.39. The molecule has 0 radical (unpaired) electrons. The molecule has 1 aliphatic heterocycles. The van der Waals surface area contributed by atoms with E-state index in [-0.39, 0.29) is 12.2 Å². The molecule has 2 aliphatic carbocycles. The van der Waals surface area contributed by atoms with E-state index in [2.05, 4.69) is 39.6 Å². The molecule has 0 N–H and O–H groups in total. The van der Waals surface area contributed by atoms with E-state index in [4.69, 9.17) is 24.7 Å². The number of nitrogens with zero attached hydrogens (tertiary/aromatic N) is 7. The molecule has 1 saturated heterocycles. The zero-order valence-electron chi connectivity index (χ0n) is 18.7. The molecule has 0 bridgehead atoms. The molecule has 32 heavy (non-hydrogen) atoms. The van der Waals surface area contributed by atoms with Gasteiger partial charge in [0.15, 0.2) is 5.65 Å². The highest BCUT2D eigenvalue weighted by Gasteiger charge is 2.31. The fourth-order valence-electron chi connectivity index (χ4n) is 4.48. The summed E-state index contributed by atoms with van der Waals surface area (Å²) < 4.78 is 8.36. The van der Waals surface area contributed by atoms with Gasteiger partial charge < -0.3 is 9.64 Å². The van der Waals surface area contributed by atoms with Crippen molar-refractivity contribution in [2.24, 2.45) is 0 Å². The van der Waals surface area contributed by atoms with Crippen molar-refractivity contribution in [2.45, 2.75) is 64.7 Å². The van der Waals surface area contributed by atoms with Gasteiger partial charge >= 0.3 is 0 Å². The van der Waals surface area contributed by atoms with Crippen molar-refractivity contribution >= 4 is 22.7 Å². The molecule has 2 unspecified atom stereocenters. The minimum atomic E-state index is -0.0644. The zero-order valence-corrected chi connectivity index (χ0v) is 18.7. The number of rotatable bonds is 4. The number of ether oxygens (including phenoxy) is 1. The van der Waals surface area contributed by atoms with Gasteiger partial charge in [0.25, 0.3) is 0 Å². The number of aromatic nitrogens is 6. The van der Waals surface area contributed by atoms with Gasteiger partial charge in [-0.15, -0.1) is 5.73 Å². The number of hydrogen-bond donors (Lipinski definition) is 0. The van der Waals surface area contributed by atoms with Crippen molar-refractivity contribution in [1.29, 1.82) is 0 Å². The van der Waals surface area contributed by atoms with Crippen LogP contribution in [0.1, 0.15) is 67.4 Å². The summed E-state index contributed by atoms with van der Waals surface area (Å²) in [4.78, 5) is 21.6. The van der Waals surface area contributed by atoms with Gasteiger partial charge in [-0.25, -0.2) is 15.0 Å². The number of morpholine rings is 1. The quantitative estimate of drug-likeness (QED) is 0.582. The van der Waals surface area contributed by atoms with E-state index in [1.54, 1.807) is 0 Å². The molecule has 2 fully saturated rings. The third-order valence-electron chi connectivity index (χ3n) is 6.49. The lowest BCUT2D eigenvalue weighted by Gasteiger charge is -2.36. The van der Waals surface area contributed by atoms with Gasteiger partial charge in [0.2, 0.25) is 5.95 Å². The summed E-state index contributed by atoms with van der Waals surface area (Å²) in [5.41, 5.74) is 9.63. The minimum absolute atomic E-state index is 0.0530. The molecular formula is C24H27N7O. The number of hydrogen-bond acceptors (Lipinski definition) is 7. The normalized spacial score (nSPS) is 23.2. The van der Waals surface area contributed by atoms with Gasteiger partial charge in [0.1, 0.15) is 17.3 Å². The predicted molar refractivity (Wildman–Crippen MR) is 121 cm³/mol.